The summed E-state index contributed by atoms with van der Waals surface area (Å²) in [5, 5.41) is 0.956. The highest BCUT2D eigenvalue weighted by molar-refractivity contribution is 7.18. The lowest BCUT2D eigenvalue weighted by molar-refractivity contribution is 0.00904. The molecule has 5 nitrogen and oxygen atoms in total. The maximum Gasteiger partial charge on any atom is 0.161 e. The fraction of sp³-hybridized carbons (Fsp3) is 0.538. The number of nitrogens with two attached hydrogens (primary N) is 1. The zero-order valence-electron chi connectivity index (χ0n) is 11.9. The number of ether oxygens (including phenoxy) is 1. The second kappa shape index (κ2) is 5.03. The van der Waals surface area contributed by atoms with Crippen LogP contribution in [0.5, 0.6) is 0 Å². The molecule has 0 fully saturated rings. The molecule has 3 N–H and O–H groups in total. The monoisotopic (exact) mass is 280 g/mol. The van der Waals surface area contributed by atoms with Crippen LogP contribution in [0.4, 0.5) is 5.82 Å². The molecule has 1 unspecified atom stereocenters. The van der Waals surface area contributed by atoms with Crippen LogP contribution < -0.4 is 11.3 Å². The Kier molecular flexibility index (Phi) is 3.75. The Hall–Kier alpha value is -1.24. The molecular formula is C13H20N4OS. The van der Waals surface area contributed by atoms with Gasteiger partial charge in [0, 0.05) is 12.0 Å². The Bertz CT molecular complexity index is 588. The molecule has 0 amide bonds. The first-order valence-electron chi connectivity index (χ1n) is 6.14. The van der Waals surface area contributed by atoms with Crippen LogP contribution in [0, 0.1) is 12.3 Å². The Balaban J connectivity index is 2.61. The SMILES string of the molecule is COC(c1nc(NN)c2cc(C)sc2n1)C(C)(C)C. The Morgan fingerprint density at radius 1 is 1.37 bits per heavy atom. The van der Waals surface area contributed by atoms with Crippen molar-refractivity contribution in [2.24, 2.45) is 11.3 Å². The second-order valence-electron chi connectivity index (χ2n) is 5.63. The summed E-state index contributed by atoms with van der Waals surface area (Å²) in [4.78, 5) is 11.2. The number of fused-ring (bicyclic) bond motifs is 1. The van der Waals surface area contributed by atoms with Gasteiger partial charge in [0.2, 0.25) is 0 Å². The quantitative estimate of drug-likeness (QED) is 0.668. The van der Waals surface area contributed by atoms with Crippen LogP contribution in [-0.4, -0.2) is 17.1 Å². The molecule has 0 bridgehead atoms. The maximum atomic E-state index is 5.57. The molecule has 0 spiro atoms. The number of hydrogen-bond acceptors (Lipinski definition) is 6. The predicted molar refractivity (Wildman–Crippen MR) is 79.2 cm³/mol. The molecule has 1 atom stereocenters. The van der Waals surface area contributed by atoms with E-state index >= 15 is 0 Å². The summed E-state index contributed by atoms with van der Waals surface area (Å²) in [6, 6.07) is 2.04. The van der Waals surface area contributed by atoms with Crippen LogP contribution in [0.25, 0.3) is 10.2 Å². The molecule has 0 aliphatic heterocycles. The number of hydrazine groups is 1. The number of aryl methyl sites for hydroxylation is 1. The molecule has 0 radical (unpaired) electrons. The summed E-state index contributed by atoms with van der Waals surface area (Å²) in [5.41, 5.74) is 2.57. The van der Waals surface area contributed by atoms with Crippen LogP contribution in [-0.2, 0) is 4.74 Å². The molecule has 6 heteroatoms. The van der Waals surface area contributed by atoms with E-state index in [0.29, 0.717) is 11.6 Å². The first kappa shape index (κ1) is 14.2. The zero-order valence-corrected chi connectivity index (χ0v) is 12.8. The summed E-state index contributed by atoms with van der Waals surface area (Å²) in [5.74, 6) is 6.88. The van der Waals surface area contributed by atoms with E-state index in [2.05, 4.69) is 36.2 Å². The number of aromatic nitrogens is 2. The molecule has 2 aromatic heterocycles. The number of methoxy groups -OCH3 is 1. The van der Waals surface area contributed by atoms with E-state index in [-0.39, 0.29) is 11.5 Å². The summed E-state index contributed by atoms with van der Waals surface area (Å²) >= 11 is 1.63. The highest BCUT2D eigenvalue weighted by atomic mass is 32.1. The van der Waals surface area contributed by atoms with Gasteiger partial charge in [-0.15, -0.1) is 11.3 Å². The zero-order chi connectivity index (χ0) is 14.2. The third-order valence-corrected chi connectivity index (χ3v) is 3.87. The smallest absolute Gasteiger partial charge is 0.161 e. The minimum Gasteiger partial charge on any atom is -0.373 e. The Morgan fingerprint density at radius 3 is 2.58 bits per heavy atom. The number of hydrogen-bond donors (Lipinski definition) is 2. The molecule has 0 aromatic carbocycles. The van der Waals surface area contributed by atoms with E-state index in [4.69, 9.17) is 10.6 Å². The van der Waals surface area contributed by atoms with Crippen molar-refractivity contribution >= 4 is 27.4 Å². The first-order valence-corrected chi connectivity index (χ1v) is 6.96. The lowest BCUT2D eigenvalue weighted by atomic mass is 9.88. The molecule has 0 aliphatic carbocycles. The van der Waals surface area contributed by atoms with Gasteiger partial charge >= 0.3 is 0 Å². The van der Waals surface area contributed by atoms with E-state index in [1.807, 2.05) is 13.0 Å². The lowest BCUT2D eigenvalue weighted by Crippen LogP contribution is -2.23. The van der Waals surface area contributed by atoms with Crippen molar-refractivity contribution in [2.45, 2.75) is 33.8 Å². The molecule has 19 heavy (non-hydrogen) atoms. The van der Waals surface area contributed by atoms with E-state index < -0.39 is 0 Å². The highest BCUT2D eigenvalue weighted by Crippen LogP contribution is 2.36. The number of anilines is 1. The van der Waals surface area contributed by atoms with Gasteiger partial charge in [0.15, 0.2) is 11.6 Å². The van der Waals surface area contributed by atoms with Gasteiger partial charge in [0.25, 0.3) is 0 Å². The van der Waals surface area contributed by atoms with E-state index in [1.165, 1.54) is 4.88 Å². The van der Waals surface area contributed by atoms with Gasteiger partial charge in [-0.05, 0) is 18.4 Å². The predicted octanol–water partition coefficient (Wildman–Crippen LogP) is 3.02. The third-order valence-electron chi connectivity index (χ3n) is 2.93. The Morgan fingerprint density at radius 2 is 2.05 bits per heavy atom. The maximum absolute atomic E-state index is 5.57. The summed E-state index contributed by atoms with van der Waals surface area (Å²) in [6.45, 7) is 8.35. The number of nitrogens with one attached hydrogen (secondary N) is 1. The first-order chi connectivity index (χ1) is 8.86. The number of rotatable bonds is 3. The number of thiophene rings is 1. The van der Waals surface area contributed by atoms with E-state index in [9.17, 15) is 0 Å². The van der Waals surface area contributed by atoms with Crippen molar-refractivity contribution in [3.05, 3.63) is 16.8 Å². The van der Waals surface area contributed by atoms with Crippen LogP contribution >= 0.6 is 11.3 Å². The van der Waals surface area contributed by atoms with Gasteiger partial charge in [0.05, 0.1) is 5.39 Å². The average Bonchev–Trinajstić information content (AvgIpc) is 2.67. The largest absolute Gasteiger partial charge is 0.373 e. The standard InChI is InChI=1S/C13H20N4OS/c1-7-6-8-10(17-14)15-11(16-12(8)19-7)9(18-5)13(2,3)4/h6,9H,14H2,1-5H3,(H,15,16,17). The van der Waals surface area contributed by atoms with Crippen molar-refractivity contribution < 1.29 is 4.74 Å². The Labute approximate surface area is 117 Å². The van der Waals surface area contributed by atoms with E-state index in [1.54, 1.807) is 18.4 Å². The molecule has 0 aliphatic rings. The highest BCUT2D eigenvalue weighted by Gasteiger charge is 2.29. The third kappa shape index (κ3) is 2.70. The van der Waals surface area contributed by atoms with Gasteiger partial charge in [-0.25, -0.2) is 15.8 Å². The molecule has 0 saturated heterocycles. The summed E-state index contributed by atoms with van der Waals surface area (Å²) in [7, 11) is 1.68. The van der Waals surface area contributed by atoms with Crippen LogP contribution in [0.1, 0.15) is 37.6 Å². The van der Waals surface area contributed by atoms with Gasteiger partial charge in [-0.2, -0.15) is 0 Å². The van der Waals surface area contributed by atoms with E-state index in [0.717, 1.165) is 10.2 Å². The normalized spacial score (nSPS) is 13.8. The van der Waals surface area contributed by atoms with Crippen LogP contribution in [0.2, 0.25) is 0 Å². The molecule has 2 rings (SSSR count). The molecule has 2 aromatic rings. The van der Waals surface area contributed by atoms with Crippen molar-refractivity contribution in [1.82, 2.24) is 9.97 Å². The van der Waals surface area contributed by atoms with Gasteiger partial charge in [-0.3, -0.25) is 0 Å². The van der Waals surface area contributed by atoms with Crippen molar-refractivity contribution in [3.63, 3.8) is 0 Å². The van der Waals surface area contributed by atoms with Crippen LogP contribution in [0.15, 0.2) is 6.07 Å². The molecule has 0 saturated carbocycles. The second-order valence-corrected chi connectivity index (χ2v) is 6.87. The summed E-state index contributed by atoms with van der Waals surface area (Å²) < 4.78 is 5.57. The van der Waals surface area contributed by atoms with Crippen molar-refractivity contribution in [2.75, 3.05) is 12.5 Å². The van der Waals surface area contributed by atoms with Gasteiger partial charge < -0.3 is 10.2 Å². The number of nitrogens with zero attached hydrogens (tertiary/aromatic N) is 2. The molecular weight excluding hydrogens is 260 g/mol. The lowest BCUT2D eigenvalue weighted by Gasteiger charge is -2.28. The van der Waals surface area contributed by atoms with Crippen LogP contribution in [0.3, 0.4) is 0 Å². The number of nitrogen functional groups attached to an aromatic ring is 1. The minimum atomic E-state index is -0.175. The topological polar surface area (TPSA) is 73.1 Å². The van der Waals surface area contributed by atoms with Gasteiger partial charge in [0.1, 0.15) is 10.9 Å². The van der Waals surface area contributed by atoms with Crippen molar-refractivity contribution in [1.29, 1.82) is 0 Å². The molecule has 2 heterocycles. The summed E-state index contributed by atoms with van der Waals surface area (Å²) in [6.07, 6.45) is -0.175. The molecule has 104 valence electrons. The van der Waals surface area contributed by atoms with Gasteiger partial charge in [-0.1, -0.05) is 20.8 Å². The average molecular weight is 280 g/mol. The fourth-order valence-electron chi connectivity index (χ4n) is 2.13. The fourth-order valence-corrected chi connectivity index (χ4v) is 3.02. The minimum absolute atomic E-state index is 0.0827. The van der Waals surface area contributed by atoms with Crippen molar-refractivity contribution in [3.8, 4) is 0 Å².